The summed E-state index contributed by atoms with van der Waals surface area (Å²) in [5.74, 6) is -0.364. The summed E-state index contributed by atoms with van der Waals surface area (Å²) in [6.07, 6.45) is 0. The van der Waals surface area contributed by atoms with Crippen molar-refractivity contribution < 1.29 is 19.6 Å². The maximum atomic E-state index is 13.0. The second kappa shape index (κ2) is 7.05. The normalized spacial score (nSPS) is 13.4. The van der Waals surface area contributed by atoms with Crippen LogP contribution in [0.5, 0.6) is 5.75 Å². The Hall–Kier alpha value is -3.01. The number of carbonyl (C=O) groups is 1. The fourth-order valence-corrected chi connectivity index (χ4v) is 5.25. The average Bonchev–Trinajstić information content (AvgIpc) is 3.24. The molecule has 0 bridgehead atoms. The van der Waals surface area contributed by atoms with Gasteiger partial charge in [0.25, 0.3) is 5.01 Å². The van der Waals surface area contributed by atoms with Crippen LogP contribution in [0.1, 0.15) is 35.3 Å². The zero-order chi connectivity index (χ0) is 20.3. The maximum Gasteiger partial charge on any atom is 2.00 e. The summed E-state index contributed by atoms with van der Waals surface area (Å²) in [6.45, 7) is 4.25. The average molecular weight is 410 g/mol. The molecule has 0 atom stereocenters. The fourth-order valence-electron chi connectivity index (χ4n) is 4.22. The number of carbonyl (C=O) groups excluding carboxylic acids is 1. The minimum atomic E-state index is -0.357. The summed E-state index contributed by atoms with van der Waals surface area (Å²) in [4.78, 5) is 15.4. The standard InChI is InChI=1S/C24H19NO3S.Be/c1-24(2)17-10-13(23(27)28-3)8-9-14(17)15-12-20(26)16(11-18(15)24)22-25-19-6-4-5-7-21(19)29-22;/h4-12,26H,1-3H3;/q;+2. The molecule has 0 spiro atoms. The number of nitrogens with one attached hydrogen (secondary N) is 1. The van der Waals surface area contributed by atoms with Gasteiger partial charge in [-0.25, -0.2) is 4.79 Å². The third-order valence-corrected chi connectivity index (χ3v) is 6.89. The van der Waals surface area contributed by atoms with Gasteiger partial charge in [-0.1, -0.05) is 55.2 Å². The summed E-state index contributed by atoms with van der Waals surface area (Å²) >= 11 is 1.59. The van der Waals surface area contributed by atoms with Crippen LogP contribution in [0, 0.1) is 0 Å². The van der Waals surface area contributed by atoms with Crippen molar-refractivity contribution >= 4 is 37.6 Å². The van der Waals surface area contributed by atoms with E-state index in [1.165, 1.54) is 7.11 Å². The number of ether oxygens (including phenoxy) is 1. The van der Waals surface area contributed by atoms with Crippen molar-refractivity contribution in [2.24, 2.45) is 0 Å². The summed E-state index contributed by atoms with van der Waals surface area (Å²) in [6, 6.07) is 17.3. The minimum Gasteiger partial charge on any atom is -0.872 e. The van der Waals surface area contributed by atoms with E-state index in [9.17, 15) is 9.90 Å². The molecule has 5 rings (SSSR count). The molecule has 0 saturated heterocycles. The van der Waals surface area contributed by atoms with Crippen molar-refractivity contribution in [2.45, 2.75) is 19.3 Å². The fraction of sp³-hybridized carbons (Fsp3) is 0.167. The van der Waals surface area contributed by atoms with Gasteiger partial charge in [-0.3, -0.25) is 0 Å². The number of hydrogen-bond donors (Lipinski definition) is 0. The van der Waals surface area contributed by atoms with Crippen LogP contribution >= 0.6 is 11.3 Å². The topological polar surface area (TPSA) is 63.5 Å². The molecule has 0 amide bonds. The van der Waals surface area contributed by atoms with Crippen LogP contribution < -0.4 is 10.1 Å². The Morgan fingerprint density at radius 1 is 1.00 bits per heavy atom. The van der Waals surface area contributed by atoms with Gasteiger partial charge >= 0.3 is 16.1 Å². The number of para-hydroxylation sites is 1. The predicted molar refractivity (Wildman–Crippen MR) is 118 cm³/mol. The van der Waals surface area contributed by atoms with E-state index in [2.05, 4.69) is 18.8 Å². The van der Waals surface area contributed by atoms with Crippen molar-refractivity contribution in [3.63, 3.8) is 0 Å². The van der Waals surface area contributed by atoms with E-state index in [4.69, 9.17) is 4.74 Å². The maximum absolute atomic E-state index is 13.0. The van der Waals surface area contributed by atoms with E-state index in [1.54, 1.807) is 23.5 Å². The second-order valence-electron chi connectivity index (χ2n) is 7.82. The quantitative estimate of drug-likeness (QED) is 0.368. The molecule has 6 heteroatoms. The molecular formula is C24H19BeNO3S+2. The molecule has 0 unspecified atom stereocenters. The van der Waals surface area contributed by atoms with Gasteiger partial charge in [0, 0.05) is 11.5 Å². The number of aromatic nitrogens is 1. The molecule has 1 aliphatic carbocycles. The molecule has 0 aliphatic heterocycles. The second-order valence-corrected chi connectivity index (χ2v) is 8.88. The molecule has 4 nitrogen and oxygen atoms in total. The Morgan fingerprint density at radius 3 is 2.47 bits per heavy atom. The molecule has 144 valence electrons. The third-order valence-electron chi connectivity index (χ3n) is 5.79. The molecule has 0 fully saturated rings. The molecule has 1 N–H and O–H groups in total. The number of methoxy groups -OCH3 is 1. The minimum absolute atomic E-state index is 0. The Bertz CT molecular complexity index is 1280. The predicted octanol–water partition coefficient (Wildman–Crippen LogP) is 4.17. The van der Waals surface area contributed by atoms with E-state index < -0.39 is 0 Å². The van der Waals surface area contributed by atoms with Gasteiger partial charge in [-0.15, -0.1) is 0 Å². The van der Waals surface area contributed by atoms with Gasteiger partial charge in [0.1, 0.15) is 4.70 Å². The first-order valence-electron chi connectivity index (χ1n) is 9.40. The smallest absolute Gasteiger partial charge is 0.872 e. The molecule has 1 heterocycles. The van der Waals surface area contributed by atoms with E-state index in [-0.39, 0.29) is 27.3 Å². The molecule has 3 aromatic carbocycles. The van der Waals surface area contributed by atoms with Crippen LogP contribution in [0.25, 0.3) is 31.9 Å². The summed E-state index contributed by atoms with van der Waals surface area (Å²) in [5.41, 5.74) is 5.97. The Morgan fingerprint density at radius 2 is 1.73 bits per heavy atom. The number of esters is 1. The monoisotopic (exact) mass is 410 g/mol. The Labute approximate surface area is 182 Å². The van der Waals surface area contributed by atoms with Crippen LogP contribution in [0.4, 0.5) is 0 Å². The Kier molecular flexibility index (Phi) is 4.76. The summed E-state index contributed by atoms with van der Waals surface area (Å²) in [5, 5.41) is 13.9. The number of benzene rings is 3. The third kappa shape index (κ3) is 2.85. The van der Waals surface area contributed by atoms with Gasteiger partial charge in [-0.2, -0.15) is 4.98 Å². The Balaban J connectivity index is 0.00000218. The zero-order valence-electron chi connectivity index (χ0n) is 17.0. The van der Waals surface area contributed by atoms with Gasteiger partial charge in [-0.05, 0) is 46.5 Å². The van der Waals surface area contributed by atoms with Crippen LogP contribution in [0.2, 0.25) is 0 Å². The van der Waals surface area contributed by atoms with Gasteiger partial charge in [0.15, 0.2) is 0 Å². The summed E-state index contributed by atoms with van der Waals surface area (Å²) in [7, 11) is 1.38. The SMILES string of the molecule is COC(=O)c1ccc2c(c1)C(C)(C)c1cc(-c3[nH+]c4ccccc4s3)c([O-])cc1-2.[Be+2]. The summed E-state index contributed by atoms with van der Waals surface area (Å²) < 4.78 is 5.99. The number of rotatable bonds is 2. The largest absolute Gasteiger partial charge is 2.00 e. The van der Waals surface area contributed by atoms with Gasteiger partial charge in [0.05, 0.1) is 18.2 Å². The van der Waals surface area contributed by atoms with Crippen LogP contribution in [-0.4, -0.2) is 23.2 Å². The van der Waals surface area contributed by atoms with E-state index in [1.807, 2.05) is 42.5 Å². The molecular weight excluding hydrogens is 391 g/mol. The van der Waals surface area contributed by atoms with Crippen LogP contribution in [0.15, 0.2) is 54.6 Å². The van der Waals surface area contributed by atoms with E-state index in [0.717, 1.165) is 37.5 Å². The van der Waals surface area contributed by atoms with Gasteiger partial charge in [0.2, 0.25) is 5.52 Å². The molecule has 0 radical (unpaired) electrons. The van der Waals surface area contributed by atoms with Gasteiger partial charge < -0.3 is 9.84 Å². The number of hydrogen-bond acceptors (Lipinski definition) is 4. The number of H-pyrrole nitrogens is 1. The molecule has 4 aromatic rings. The first kappa shape index (κ1) is 20.3. The first-order valence-corrected chi connectivity index (χ1v) is 10.2. The molecule has 1 aromatic heterocycles. The number of thiazole rings is 1. The molecule has 0 saturated carbocycles. The van der Waals surface area contributed by atoms with Crippen molar-refractivity contribution in [1.82, 2.24) is 0 Å². The van der Waals surface area contributed by atoms with Crippen LogP contribution in [-0.2, 0) is 10.2 Å². The zero-order valence-corrected chi connectivity index (χ0v) is 17.9. The van der Waals surface area contributed by atoms with E-state index >= 15 is 0 Å². The first-order chi connectivity index (χ1) is 13.9. The van der Waals surface area contributed by atoms with Crippen molar-refractivity contribution in [1.29, 1.82) is 0 Å². The molecule has 1 aliphatic rings. The van der Waals surface area contributed by atoms with Crippen molar-refractivity contribution in [3.8, 4) is 27.4 Å². The molecule has 30 heavy (non-hydrogen) atoms. The number of fused-ring (bicyclic) bond motifs is 4. The van der Waals surface area contributed by atoms with Crippen molar-refractivity contribution in [3.05, 3.63) is 71.3 Å². The number of aromatic amines is 1. The van der Waals surface area contributed by atoms with Crippen LogP contribution in [0.3, 0.4) is 0 Å². The van der Waals surface area contributed by atoms with Crippen molar-refractivity contribution in [2.75, 3.05) is 7.11 Å². The van der Waals surface area contributed by atoms with E-state index in [0.29, 0.717) is 11.1 Å².